The minimum absolute atomic E-state index is 0.204. The van der Waals surface area contributed by atoms with Crippen molar-refractivity contribution < 1.29 is 19.1 Å². The molecule has 1 aliphatic rings. The second kappa shape index (κ2) is 9.13. The maximum atomic E-state index is 12.9. The van der Waals surface area contributed by atoms with E-state index in [1.807, 2.05) is 54.6 Å². The lowest BCUT2D eigenvalue weighted by Gasteiger charge is -2.19. The van der Waals surface area contributed by atoms with Crippen LogP contribution >= 0.6 is 0 Å². The van der Waals surface area contributed by atoms with Crippen LogP contribution in [0.5, 0.6) is 11.5 Å². The van der Waals surface area contributed by atoms with Gasteiger partial charge in [0.05, 0.1) is 0 Å². The monoisotopic (exact) mass is 402 g/mol. The van der Waals surface area contributed by atoms with Gasteiger partial charge in [-0.05, 0) is 35.4 Å². The average molecular weight is 402 g/mol. The molecule has 3 aromatic rings. The fraction of sp³-hybridized carbons (Fsp3) is 0.167. The van der Waals surface area contributed by atoms with E-state index >= 15 is 0 Å². The summed E-state index contributed by atoms with van der Waals surface area (Å²) in [5.41, 5.74) is 2.37. The van der Waals surface area contributed by atoms with E-state index in [1.165, 1.54) is 0 Å². The smallest absolute Gasteiger partial charge is 0.251 e. The summed E-state index contributed by atoms with van der Waals surface area (Å²) in [6, 6.07) is 23.3. The van der Waals surface area contributed by atoms with Crippen molar-refractivity contribution in [2.24, 2.45) is 0 Å². The maximum Gasteiger partial charge on any atom is 0.251 e. The van der Waals surface area contributed by atoms with Crippen molar-refractivity contribution in [1.82, 2.24) is 10.6 Å². The van der Waals surface area contributed by atoms with Gasteiger partial charge in [0.15, 0.2) is 11.5 Å². The van der Waals surface area contributed by atoms with E-state index < -0.39 is 6.04 Å². The highest BCUT2D eigenvalue weighted by molar-refractivity contribution is 5.97. The Morgan fingerprint density at radius 1 is 0.833 bits per heavy atom. The number of amides is 2. The predicted molar refractivity (Wildman–Crippen MR) is 112 cm³/mol. The summed E-state index contributed by atoms with van der Waals surface area (Å²) in [5, 5.41) is 5.78. The lowest BCUT2D eigenvalue weighted by molar-refractivity contribution is -0.123. The fourth-order valence-corrected chi connectivity index (χ4v) is 3.25. The molecule has 1 unspecified atom stereocenters. The van der Waals surface area contributed by atoms with Crippen molar-refractivity contribution in [2.75, 3.05) is 6.79 Å². The van der Waals surface area contributed by atoms with Gasteiger partial charge in [-0.2, -0.15) is 0 Å². The van der Waals surface area contributed by atoms with Gasteiger partial charge < -0.3 is 20.1 Å². The molecule has 1 atom stereocenters. The van der Waals surface area contributed by atoms with E-state index in [1.54, 1.807) is 24.3 Å². The summed E-state index contributed by atoms with van der Waals surface area (Å²) >= 11 is 0. The Labute approximate surface area is 174 Å². The number of benzene rings is 3. The van der Waals surface area contributed by atoms with E-state index in [2.05, 4.69) is 10.6 Å². The molecule has 30 heavy (non-hydrogen) atoms. The molecule has 3 aromatic carbocycles. The Kier molecular flexibility index (Phi) is 5.94. The van der Waals surface area contributed by atoms with Crippen LogP contribution in [0.1, 0.15) is 21.5 Å². The van der Waals surface area contributed by atoms with Crippen molar-refractivity contribution >= 4 is 11.8 Å². The Hall–Kier alpha value is -3.80. The van der Waals surface area contributed by atoms with Gasteiger partial charge in [-0.15, -0.1) is 0 Å². The first-order valence-corrected chi connectivity index (χ1v) is 9.75. The Morgan fingerprint density at radius 2 is 1.53 bits per heavy atom. The second-order valence-electron chi connectivity index (χ2n) is 6.99. The molecule has 0 fully saturated rings. The number of fused-ring (bicyclic) bond motifs is 1. The molecule has 1 heterocycles. The van der Waals surface area contributed by atoms with Gasteiger partial charge >= 0.3 is 0 Å². The molecule has 2 N–H and O–H groups in total. The number of nitrogens with one attached hydrogen (secondary N) is 2. The first-order chi connectivity index (χ1) is 14.7. The van der Waals surface area contributed by atoms with E-state index in [0.29, 0.717) is 30.0 Å². The molecular formula is C24H22N2O4. The third-order valence-corrected chi connectivity index (χ3v) is 4.84. The van der Waals surface area contributed by atoms with E-state index in [9.17, 15) is 9.59 Å². The molecule has 152 valence electrons. The van der Waals surface area contributed by atoms with Crippen molar-refractivity contribution in [3.8, 4) is 11.5 Å². The Bertz CT molecular complexity index is 1020. The topological polar surface area (TPSA) is 76.7 Å². The zero-order valence-electron chi connectivity index (χ0n) is 16.3. The van der Waals surface area contributed by atoms with Gasteiger partial charge in [-0.3, -0.25) is 9.59 Å². The lowest BCUT2D eigenvalue weighted by atomic mass is 10.0. The zero-order chi connectivity index (χ0) is 20.8. The summed E-state index contributed by atoms with van der Waals surface area (Å²) in [7, 11) is 0. The van der Waals surface area contributed by atoms with Crippen LogP contribution in [-0.2, 0) is 17.8 Å². The van der Waals surface area contributed by atoms with Crippen LogP contribution in [0.4, 0.5) is 0 Å². The molecular weight excluding hydrogens is 380 g/mol. The fourth-order valence-electron chi connectivity index (χ4n) is 3.25. The summed E-state index contributed by atoms with van der Waals surface area (Å²) in [6.07, 6.45) is 0.395. The number of rotatable bonds is 7. The van der Waals surface area contributed by atoms with Crippen LogP contribution in [0.25, 0.3) is 0 Å². The number of carbonyl (C=O) groups excluding carboxylic acids is 2. The third-order valence-electron chi connectivity index (χ3n) is 4.84. The molecule has 0 bridgehead atoms. The van der Waals surface area contributed by atoms with E-state index in [-0.39, 0.29) is 18.6 Å². The standard InChI is InChI=1S/C24H22N2O4/c27-23(19-9-5-2-6-10-19)26-20(13-17-7-3-1-4-8-17)24(28)25-15-18-11-12-21-22(14-18)30-16-29-21/h1-12,14,20H,13,15-16H2,(H,25,28)(H,26,27). The summed E-state index contributed by atoms with van der Waals surface area (Å²) in [5.74, 6) is 0.831. The van der Waals surface area contributed by atoms with Gasteiger partial charge in [0.1, 0.15) is 6.04 Å². The van der Waals surface area contributed by atoms with E-state index in [0.717, 1.165) is 11.1 Å². The molecule has 2 amide bonds. The first kappa shape index (κ1) is 19.5. The van der Waals surface area contributed by atoms with Crippen molar-refractivity contribution in [1.29, 1.82) is 0 Å². The molecule has 6 heteroatoms. The van der Waals surface area contributed by atoms with Gasteiger partial charge in [0, 0.05) is 18.5 Å². The van der Waals surface area contributed by atoms with Crippen molar-refractivity contribution in [3.05, 3.63) is 95.6 Å². The molecule has 0 aliphatic carbocycles. The molecule has 6 nitrogen and oxygen atoms in total. The number of hydrogen-bond donors (Lipinski definition) is 2. The molecule has 1 aliphatic heterocycles. The van der Waals surface area contributed by atoms with Gasteiger partial charge in [0.2, 0.25) is 12.7 Å². The quantitative estimate of drug-likeness (QED) is 0.637. The van der Waals surface area contributed by atoms with Crippen LogP contribution in [0.2, 0.25) is 0 Å². The van der Waals surface area contributed by atoms with Gasteiger partial charge in [-0.1, -0.05) is 54.6 Å². The second-order valence-corrected chi connectivity index (χ2v) is 6.99. The number of carbonyl (C=O) groups is 2. The SMILES string of the molecule is O=C(NC(Cc1ccccc1)C(=O)NCc1ccc2c(c1)OCO2)c1ccccc1. The average Bonchev–Trinajstić information content (AvgIpc) is 3.26. The number of ether oxygens (including phenoxy) is 2. The highest BCUT2D eigenvalue weighted by Crippen LogP contribution is 2.32. The molecule has 0 radical (unpaired) electrons. The van der Waals surface area contributed by atoms with Crippen LogP contribution in [0.15, 0.2) is 78.9 Å². The molecule has 0 aromatic heterocycles. The Balaban J connectivity index is 1.45. The lowest BCUT2D eigenvalue weighted by Crippen LogP contribution is -2.47. The van der Waals surface area contributed by atoms with E-state index in [4.69, 9.17) is 9.47 Å². The molecule has 0 spiro atoms. The Morgan fingerprint density at radius 3 is 2.30 bits per heavy atom. The van der Waals surface area contributed by atoms with Crippen LogP contribution < -0.4 is 20.1 Å². The predicted octanol–water partition coefficient (Wildman–Crippen LogP) is 3.07. The van der Waals surface area contributed by atoms with Crippen LogP contribution in [0.3, 0.4) is 0 Å². The number of hydrogen-bond acceptors (Lipinski definition) is 4. The largest absolute Gasteiger partial charge is 0.454 e. The van der Waals surface area contributed by atoms with Crippen LogP contribution in [0, 0.1) is 0 Å². The van der Waals surface area contributed by atoms with Crippen LogP contribution in [-0.4, -0.2) is 24.6 Å². The van der Waals surface area contributed by atoms with Crippen molar-refractivity contribution in [2.45, 2.75) is 19.0 Å². The third kappa shape index (κ3) is 4.78. The highest BCUT2D eigenvalue weighted by atomic mass is 16.7. The maximum absolute atomic E-state index is 12.9. The highest BCUT2D eigenvalue weighted by Gasteiger charge is 2.22. The van der Waals surface area contributed by atoms with Gasteiger partial charge in [-0.25, -0.2) is 0 Å². The normalized spacial score (nSPS) is 12.8. The summed E-state index contributed by atoms with van der Waals surface area (Å²) < 4.78 is 10.7. The minimum Gasteiger partial charge on any atom is -0.454 e. The molecule has 0 saturated heterocycles. The molecule has 4 rings (SSSR count). The van der Waals surface area contributed by atoms with Crippen molar-refractivity contribution in [3.63, 3.8) is 0 Å². The summed E-state index contributed by atoms with van der Waals surface area (Å²) in [6.45, 7) is 0.526. The first-order valence-electron chi connectivity index (χ1n) is 9.75. The molecule has 0 saturated carbocycles. The minimum atomic E-state index is -0.700. The summed E-state index contributed by atoms with van der Waals surface area (Å²) in [4.78, 5) is 25.6. The van der Waals surface area contributed by atoms with Gasteiger partial charge in [0.25, 0.3) is 5.91 Å². The zero-order valence-corrected chi connectivity index (χ0v) is 16.3.